The van der Waals surface area contributed by atoms with Crippen LogP contribution in [0.5, 0.6) is 23.0 Å². The van der Waals surface area contributed by atoms with Crippen LogP contribution < -0.4 is 14.2 Å². The highest BCUT2D eigenvalue weighted by Crippen LogP contribution is 2.50. The number of aliphatic hydroxyl groups excluding tert-OH is 1. The van der Waals surface area contributed by atoms with Crippen molar-refractivity contribution in [2.75, 3.05) is 7.11 Å². The van der Waals surface area contributed by atoms with Gasteiger partial charge in [-0.1, -0.05) is 43.5 Å². The topological polar surface area (TPSA) is 91.3 Å². The lowest BCUT2D eigenvalue weighted by Crippen LogP contribution is -2.27. The molecule has 0 unspecified atom stereocenters. The molecular formula is C26H28Cl2O7. The molecule has 2 aromatic carbocycles. The first-order valence-corrected chi connectivity index (χ1v) is 12.4. The molecule has 0 spiro atoms. The van der Waals surface area contributed by atoms with E-state index in [0.29, 0.717) is 23.1 Å². The third-order valence-corrected chi connectivity index (χ3v) is 7.38. The summed E-state index contributed by atoms with van der Waals surface area (Å²) in [5, 5.41) is 11.1. The van der Waals surface area contributed by atoms with E-state index in [9.17, 15) is 14.7 Å². The van der Waals surface area contributed by atoms with Crippen molar-refractivity contribution in [1.82, 2.24) is 0 Å². The molecule has 1 aliphatic carbocycles. The Balaban J connectivity index is 1.84. The molecule has 1 fully saturated rings. The molecule has 188 valence electrons. The molecule has 4 rings (SSSR count). The molecule has 1 aliphatic heterocycles. The molecule has 0 saturated heterocycles. The number of fused-ring (bicyclic) bond motifs is 2. The van der Waals surface area contributed by atoms with Gasteiger partial charge in [-0.2, -0.15) is 0 Å². The lowest BCUT2D eigenvalue weighted by atomic mass is 9.86. The van der Waals surface area contributed by atoms with Gasteiger partial charge in [-0.25, -0.2) is 4.79 Å². The fraction of sp³-hybridized carbons (Fsp3) is 0.462. The Morgan fingerprint density at radius 1 is 1.20 bits per heavy atom. The zero-order valence-electron chi connectivity index (χ0n) is 20.1. The second-order valence-corrected chi connectivity index (χ2v) is 10.1. The Morgan fingerprint density at radius 2 is 1.91 bits per heavy atom. The predicted octanol–water partition coefficient (Wildman–Crippen LogP) is 6.56. The summed E-state index contributed by atoms with van der Waals surface area (Å²) in [6.45, 7) is 5.42. The second-order valence-electron chi connectivity index (χ2n) is 9.32. The van der Waals surface area contributed by atoms with Crippen LogP contribution in [0.1, 0.15) is 72.7 Å². The third-order valence-electron chi connectivity index (χ3n) is 6.42. The minimum Gasteiger partial charge on any atom is -0.495 e. The molecule has 2 aromatic rings. The Morgan fingerprint density at radius 3 is 2.51 bits per heavy atom. The minimum absolute atomic E-state index is 0.0162. The maximum absolute atomic E-state index is 13.1. The maximum Gasteiger partial charge on any atom is 0.346 e. The van der Waals surface area contributed by atoms with Crippen LogP contribution >= 0.6 is 23.2 Å². The fourth-order valence-corrected chi connectivity index (χ4v) is 4.72. The smallest absolute Gasteiger partial charge is 0.346 e. The Kier molecular flexibility index (Phi) is 7.50. The third kappa shape index (κ3) is 4.82. The summed E-state index contributed by atoms with van der Waals surface area (Å²) in [6.07, 6.45) is 2.10. The molecule has 0 amide bonds. The normalized spacial score (nSPS) is 16.2. The van der Waals surface area contributed by atoms with Gasteiger partial charge >= 0.3 is 11.9 Å². The summed E-state index contributed by atoms with van der Waals surface area (Å²) >= 11 is 13.1. The Labute approximate surface area is 214 Å². The van der Waals surface area contributed by atoms with Gasteiger partial charge in [0.25, 0.3) is 0 Å². The van der Waals surface area contributed by atoms with E-state index < -0.39 is 18.0 Å². The van der Waals surface area contributed by atoms with Crippen LogP contribution in [0.4, 0.5) is 0 Å². The molecule has 2 aliphatic rings. The van der Waals surface area contributed by atoms with Crippen molar-refractivity contribution < 1.29 is 33.6 Å². The zero-order valence-corrected chi connectivity index (χ0v) is 21.6. The van der Waals surface area contributed by atoms with Gasteiger partial charge < -0.3 is 24.1 Å². The molecule has 1 saturated carbocycles. The Bertz CT molecular complexity index is 1170. The molecular weight excluding hydrogens is 495 g/mol. The van der Waals surface area contributed by atoms with Gasteiger partial charge in [0.1, 0.15) is 23.7 Å². The lowest BCUT2D eigenvalue weighted by molar-refractivity contribution is -0.141. The summed E-state index contributed by atoms with van der Waals surface area (Å²) in [5.41, 5.74) is 1.28. The molecule has 1 N–H and O–H groups in total. The van der Waals surface area contributed by atoms with Crippen molar-refractivity contribution in [3.63, 3.8) is 0 Å². The molecule has 7 nitrogen and oxygen atoms in total. The summed E-state index contributed by atoms with van der Waals surface area (Å²) in [4.78, 5) is 25.8. The van der Waals surface area contributed by atoms with Gasteiger partial charge in [0.05, 0.1) is 34.7 Å². The summed E-state index contributed by atoms with van der Waals surface area (Å²) < 4.78 is 23.0. The van der Waals surface area contributed by atoms with Gasteiger partial charge in [-0.15, -0.1) is 0 Å². The molecule has 1 heterocycles. The number of hydrogen-bond acceptors (Lipinski definition) is 7. The van der Waals surface area contributed by atoms with Gasteiger partial charge in [0, 0.05) is 5.56 Å². The second kappa shape index (κ2) is 10.2. The first kappa shape index (κ1) is 25.6. The monoisotopic (exact) mass is 522 g/mol. The standard InChI is InChI=1S/C26H28Cl2O7/c1-12(2)10-17(29)15-8-9-18-19(22(15)32-4)26(31)33-11-16-20(27)13(3)21(28)24(23(16)34-18)35-25(30)14-6-5-7-14/h8-9,12,14,17,29H,5-7,10-11H2,1-4H3/t17-/m0/s1. The molecule has 0 aromatic heterocycles. The molecule has 1 atom stereocenters. The van der Waals surface area contributed by atoms with Gasteiger partial charge in [0.2, 0.25) is 0 Å². The van der Waals surface area contributed by atoms with Crippen molar-refractivity contribution in [2.24, 2.45) is 11.8 Å². The number of cyclic esters (lactones) is 1. The number of hydrogen-bond donors (Lipinski definition) is 1. The number of halogens is 2. The number of rotatable bonds is 6. The predicted molar refractivity (Wildman–Crippen MR) is 131 cm³/mol. The van der Waals surface area contributed by atoms with Crippen molar-refractivity contribution in [3.8, 4) is 23.0 Å². The van der Waals surface area contributed by atoms with Crippen LogP contribution in [0.2, 0.25) is 10.0 Å². The highest BCUT2D eigenvalue weighted by molar-refractivity contribution is 6.38. The minimum atomic E-state index is -0.855. The highest BCUT2D eigenvalue weighted by atomic mass is 35.5. The SMILES string of the molecule is COc1c([C@@H](O)CC(C)C)ccc2c1C(=O)OCc1c(Cl)c(C)c(Cl)c(OC(=O)C3CCC3)c1O2. The first-order chi connectivity index (χ1) is 16.6. The van der Waals surface area contributed by atoms with Gasteiger partial charge in [-0.3, -0.25) is 4.79 Å². The largest absolute Gasteiger partial charge is 0.495 e. The van der Waals surface area contributed by atoms with Crippen molar-refractivity contribution in [3.05, 3.63) is 44.4 Å². The van der Waals surface area contributed by atoms with Crippen LogP contribution in [0.25, 0.3) is 0 Å². The van der Waals surface area contributed by atoms with Crippen LogP contribution in [0.3, 0.4) is 0 Å². The highest BCUT2D eigenvalue weighted by Gasteiger charge is 2.35. The van der Waals surface area contributed by atoms with Gasteiger partial charge in [-0.05, 0) is 49.8 Å². The number of methoxy groups -OCH3 is 1. The van der Waals surface area contributed by atoms with Crippen molar-refractivity contribution >= 4 is 35.1 Å². The van der Waals surface area contributed by atoms with E-state index in [1.165, 1.54) is 7.11 Å². The van der Waals surface area contributed by atoms with Crippen LogP contribution in [0.15, 0.2) is 12.1 Å². The molecule has 9 heteroatoms. The molecule has 0 radical (unpaired) electrons. The van der Waals surface area contributed by atoms with E-state index in [2.05, 4.69) is 0 Å². The zero-order chi connectivity index (χ0) is 25.4. The Hall–Kier alpha value is -2.48. The number of aliphatic hydroxyl groups is 1. The fourth-order valence-electron chi connectivity index (χ4n) is 4.22. The van der Waals surface area contributed by atoms with E-state index >= 15 is 0 Å². The number of carbonyl (C=O) groups is 2. The van der Waals surface area contributed by atoms with E-state index in [1.807, 2.05) is 13.8 Å². The van der Waals surface area contributed by atoms with Gasteiger partial charge in [0.15, 0.2) is 11.5 Å². The summed E-state index contributed by atoms with van der Waals surface area (Å²) in [6, 6.07) is 3.18. The molecule has 0 bridgehead atoms. The lowest BCUT2D eigenvalue weighted by Gasteiger charge is -2.27. The van der Waals surface area contributed by atoms with E-state index in [0.717, 1.165) is 19.3 Å². The van der Waals surface area contributed by atoms with Crippen molar-refractivity contribution in [2.45, 2.75) is 59.2 Å². The molecule has 35 heavy (non-hydrogen) atoms. The van der Waals surface area contributed by atoms with E-state index in [1.54, 1.807) is 19.1 Å². The summed E-state index contributed by atoms with van der Waals surface area (Å²) in [5.74, 6) is -0.676. The van der Waals surface area contributed by atoms with Crippen LogP contribution in [0, 0.1) is 18.8 Å². The number of ether oxygens (including phenoxy) is 4. The van der Waals surface area contributed by atoms with Crippen LogP contribution in [-0.2, 0) is 16.1 Å². The number of esters is 2. The first-order valence-electron chi connectivity index (χ1n) is 11.6. The average Bonchev–Trinajstić information content (AvgIpc) is 2.76. The van der Waals surface area contributed by atoms with Crippen molar-refractivity contribution in [1.29, 1.82) is 0 Å². The summed E-state index contributed by atoms with van der Waals surface area (Å²) in [7, 11) is 1.41. The van der Waals surface area contributed by atoms with E-state index in [4.69, 9.17) is 42.1 Å². The maximum atomic E-state index is 13.1. The van der Waals surface area contributed by atoms with E-state index in [-0.39, 0.29) is 57.0 Å². The number of benzene rings is 2. The average molecular weight is 523 g/mol. The quantitative estimate of drug-likeness (QED) is 0.339. The van der Waals surface area contributed by atoms with Crippen LogP contribution in [-0.4, -0.2) is 24.2 Å². The number of carbonyl (C=O) groups excluding carboxylic acids is 2.